The second-order valence-corrected chi connectivity index (χ2v) is 5.32. The van der Waals surface area contributed by atoms with E-state index in [1.165, 1.54) is 11.3 Å². The zero-order valence-electron chi connectivity index (χ0n) is 8.74. The third-order valence-electron chi connectivity index (χ3n) is 2.31. The molecule has 0 saturated carbocycles. The van der Waals surface area contributed by atoms with Crippen molar-refractivity contribution < 1.29 is 0 Å². The van der Waals surface area contributed by atoms with Crippen molar-refractivity contribution in [1.29, 1.82) is 10.5 Å². The van der Waals surface area contributed by atoms with Crippen LogP contribution >= 0.6 is 22.9 Å². The van der Waals surface area contributed by atoms with Crippen molar-refractivity contribution in [2.24, 2.45) is 5.41 Å². The average molecular weight is 251 g/mol. The van der Waals surface area contributed by atoms with Crippen LogP contribution in [0.4, 0.5) is 0 Å². The highest BCUT2D eigenvalue weighted by atomic mass is 35.5. The van der Waals surface area contributed by atoms with Crippen LogP contribution in [0.3, 0.4) is 0 Å². The lowest BCUT2D eigenvalue weighted by Crippen LogP contribution is -2.18. The van der Waals surface area contributed by atoms with Gasteiger partial charge in [0, 0.05) is 11.3 Å². The molecule has 0 bridgehead atoms. The van der Waals surface area contributed by atoms with Gasteiger partial charge in [-0.3, -0.25) is 0 Å². The van der Waals surface area contributed by atoms with Crippen molar-refractivity contribution in [3.05, 3.63) is 34.0 Å². The minimum Gasteiger partial charge on any atom is -0.197 e. The first-order valence-corrected chi connectivity index (χ1v) is 6.03. The van der Waals surface area contributed by atoms with Crippen LogP contribution < -0.4 is 0 Å². The predicted molar refractivity (Wildman–Crippen MR) is 66.1 cm³/mol. The first kappa shape index (κ1) is 12.8. The minimum absolute atomic E-state index is 0.436. The summed E-state index contributed by atoms with van der Waals surface area (Å²) in [6.45, 7) is 3.61. The van der Waals surface area contributed by atoms with Crippen molar-refractivity contribution >= 4 is 22.9 Å². The molecular weight excluding hydrogens is 240 g/mol. The summed E-state index contributed by atoms with van der Waals surface area (Å²) in [6, 6.07) is 7.88. The molecule has 0 N–H and O–H groups in total. The largest absolute Gasteiger partial charge is 0.197 e. The van der Waals surface area contributed by atoms with Gasteiger partial charge in [0.2, 0.25) is 0 Å². The fraction of sp³-hybridized carbons (Fsp3) is 0.333. The second kappa shape index (κ2) is 5.70. The zero-order valence-corrected chi connectivity index (χ0v) is 10.3. The van der Waals surface area contributed by atoms with E-state index in [1.54, 1.807) is 12.1 Å². The van der Waals surface area contributed by atoms with Gasteiger partial charge in [-0.15, -0.1) is 17.9 Å². The van der Waals surface area contributed by atoms with E-state index in [0.29, 0.717) is 23.6 Å². The summed E-state index contributed by atoms with van der Waals surface area (Å²) >= 11 is 7.23. The van der Waals surface area contributed by atoms with Gasteiger partial charge in [-0.05, 0) is 25.0 Å². The molecule has 0 amide bonds. The summed E-state index contributed by atoms with van der Waals surface area (Å²) < 4.78 is 0.684. The third-order valence-corrected chi connectivity index (χ3v) is 3.54. The number of hydrogen-bond acceptors (Lipinski definition) is 3. The van der Waals surface area contributed by atoms with E-state index < -0.39 is 5.41 Å². The lowest BCUT2D eigenvalue weighted by molar-refractivity contribution is 0.482. The Hall–Kier alpha value is -1.29. The third kappa shape index (κ3) is 3.10. The smallest absolute Gasteiger partial charge is 0.148 e. The van der Waals surface area contributed by atoms with Crippen molar-refractivity contribution in [2.75, 3.05) is 0 Å². The fourth-order valence-corrected chi connectivity index (χ4v) is 2.60. The highest BCUT2D eigenvalue weighted by molar-refractivity contribution is 7.16. The molecule has 1 aromatic rings. The molecule has 0 aliphatic rings. The van der Waals surface area contributed by atoms with Crippen LogP contribution in [0.1, 0.15) is 17.7 Å². The van der Waals surface area contributed by atoms with Crippen LogP contribution in [0.15, 0.2) is 24.8 Å². The van der Waals surface area contributed by atoms with E-state index in [1.807, 2.05) is 6.07 Å². The van der Waals surface area contributed by atoms with E-state index in [-0.39, 0.29) is 0 Å². The van der Waals surface area contributed by atoms with Gasteiger partial charge in [0.1, 0.15) is 5.41 Å². The quantitative estimate of drug-likeness (QED) is 0.743. The Morgan fingerprint density at radius 3 is 2.56 bits per heavy atom. The molecule has 1 heterocycles. The molecular formula is C12H11ClN2S. The van der Waals surface area contributed by atoms with Gasteiger partial charge in [0.05, 0.1) is 16.5 Å². The number of nitrogens with zero attached hydrogens (tertiary/aromatic N) is 2. The molecule has 0 aromatic carbocycles. The van der Waals surface area contributed by atoms with Crippen molar-refractivity contribution in [3.8, 4) is 12.1 Å². The molecule has 0 aliphatic heterocycles. The van der Waals surface area contributed by atoms with Crippen LogP contribution in [-0.2, 0) is 6.42 Å². The molecule has 0 radical (unpaired) electrons. The molecule has 1 rings (SSSR count). The normalized spacial score (nSPS) is 10.4. The van der Waals surface area contributed by atoms with Crippen molar-refractivity contribution in [3.63, 3.8) is 0 Å². The Morgan fingerprint density at radius 1 is 1.44 bits per heavy atom. The van der Waals surface area contributed by atoms with Crippen LogP contribution in [0.25, 0.3) is 0 Å². The molecule has 0 aliphatic carbocycles. The van der Waals surface area contributed by atoms with Crippen molar-refractivity contribution in [2.45, 2.75) is 19.3 Å². The fourth-order valence-electron chi connectivity index (χ4n) is 1.40. The topological polar surface area (TPSA) is 47.6 Å². The van der Waals surface area contributed by atoms with Gasteiger partial charge in [0.25, 0.3) is 0 Å². The Bertz CT molecular complexity index is 436. The number of halogens is 1. The predicted octanol–water partition coefficient (Wildman–Crippen LogP) is 3.94. The Kier molecular flexibility index (Phi) is 4.55. The van der Waals surface area contributed by atoms with Gasteiger partial charge < -0.3 is 0 Å². The number of hydrogen-bond donors (Lipinski definition) is 0. The van der Waals surface area contributed by atoms with E-state index >= 15 is 0 Å². The molecule has 0 atom stereocenters. The maximum Gasteiger partial charge on any atom is 0.148 e. The van der Waals surface area contributed by atoms with Crippen LogP contribution in [0.5, 0.6) is 0 Å². The summed E-state index contributed by atoms with van der Waals surface area (Å²) in [7, 11) is 0. The van der Waals surface area contributed by atoms with Gasteiger partial charge in [-0.2, -0.15) is 10.5 Å². The highest BCUT2D eigenvalue weighted by Gasteiger charge is 2.30. The lowest BCUT2D eigenvalue weighted by Gasteiger charge is -2.16. The van der Waals surface area contributed by atoms with Gasteiger partial charge in [-0.25, -0.2) is 0 Å². The molecule has 16 heavy (non-hydrogen) atoms. The van der Waals surface area contributed by atoms with Gasteiger partial charge >= 0.3 is 0 Å². The van der Waals surface area contributed by atoms with E-state index in [0.717, 1.165) is 4.88 Å². The van der Waals surface area contributed by atoms with Gasteiger partial charge in [0.15, 0.2) is 0 Å². The maximum atomic E-state index is 9.14. The second-order valence-electron chi connectivity index (χ2n) is 3.52. The molecule has 82 valence electrons. The number of allylic oxidation sites excluding steroid dienone is 1. The van der Waals surface area contributed by atoms with Crippen LogP contribution in [-0.4, -0.2) is 0 Å². The Morgan fingerprint density at radius 2 is 2.12 bits per heavy atom. The number of rotatable bonds is 5. The summed E-state index contributed by atoms with van der Waals surface area (Å²) in [4.78, 5) is 0.970. The first-order valence-electron chi connectivity index (χ1n) is 4.83. The lowest BCUT2D eigenvalue weighted by atomic mass is 9.82. The molecule has 2 nitrogen and oxygen atoms in total. The molecule has 0 spiro atoms. The standard InChI is InChI=1S/C12H11ClN2S/c1-2-3-6-12(8-14,9-15)7-10-4-5-11(13)16-10/h2,4-5H,1,3,6-7H2. The monoisotopic (exact) mass is 250 g/mol. The number of nitriles is 2. The number of thiophene rings is 1. The summed E-state index contributed by atoms with van der Waals surface area (Å²) in [6.07, 6.45) is 3.34. The maximum absolute atomic E-state index is 9.14. The van der Waals surface area contributed by atoms with Crippen LogP contribution in [0, 0.1) is 28.1 Å². The summed E-state index contributed by atoms with van der Waals surface area (Å²) in [5.74, 6) is 0. The Balaban J connectivity index is 2.83. The zero-order chi connectivity index (χ0) is 12.0. The van der Waals surface area contributed by atoms with Crippen LogP contribution in [0.2, 0.25) is 4.34 Å². The molecule has 4 heteroatoms. The first-order chi connectivity index (χ1) is 7.65. The van der Waals surface area contributed by atoms with Crippen molar-refractivity contribution in [1.82, 2.24) is 0 Å². The minimum atomic E-state index is -0.956. The molecule has 1 aromatic heterocycles. The SMILES string of the molecule is C=CCCC(C#N)(C#N)Cc1ccc(Cl)s1. The molecule has 0 unspecified atom stereocenters. The Labute approximate surface area is 104 Å². The average Bonchev–Trinajstić information content (AvgIpc) is 2.70. The van der Waals surface area contributed by atoms with E-state index in [4.69, 9.17) is 22.1 Å². The molecule has 0 fully saturated rings. The van der Waals surface area contributed by atoms with E-state index in [9.17, 15) is 0 Å². The highest BCUT2D eigenvalue weighted by Crippen LogP contribution is 2.32. The summed E-state index contributed by atoms with van der Waals surface area (Å²) in [5, 5.41) is 18.3. The molecule has 0 saturated heterocycles. The van der Waals surface area contributed by atoms with E-state index in [2.05, 4.69) is 18.7 Å². The summed E-state index contributed by atoms with van der Waals surface area (Å²) in [5.41, 5.74) is -0.956. The van der Waals surface area contributed by atoms with Gasteiger partial charge in [-0.1, -0.05) is 17.7 Å².